The van der Waals surface area contributed by atoms with E-state index >= 15 is 0 Å². The number of carbonyl (C=O) groups is 1. The summed E-state index contributed by atoms with van der Waals surface area (Å²) in [6.45, 7) is -0.0383. The van der Waals surface area contributed by atoms with Crippen LogP contribution in [0.3, 0.4) is 0 Å². The molecule has 0 spiro atoms. The summed E-state index contributed by atoms with van der Waals surface area (Å²) < 4.78 is 30.9. The van der Waals surface area contributed by atoms with Gasteiger partial charge in [0.25, 0.3) is 0 Å². The van der Waals surface area contributed by atoms with Crippen LogP contribution < -0.4 is 4.74 Å². The van der Waals surface area contributed by atoms with E-state index in [0.29, 0.717) is 11.3 Å². The van der Waals surface area contributed by atoms with E-state index in [1.165, 1.54) is 19.2 Å². The van der Waals surface area contributed by atoms with Gasteiger partial charge >= 0.3 is 5.97 Å². The first kappa shape index (κ1) is 13.8. The average Bonchev–Trinajstić information content (AvgIpc) is 2.27. The van der Waals surface area contributed by atoms with Gasteiger partial charge in [-0.1, -0.05) is 0 Å². The average molecular weight is 279 g/mol. The largest absolute Gasteiger partial charge is 0.492 e. The van der Waals surface area contributed by atoms with Crippen molar-refractivity contribution in [1.29, 1.82) is 0 Å². The first-order valence-electron chi connectivity index (χ1n) is 4.66. The van der Waals surface area contributed by atoms with Gasteiger partial charge in [-0.15, -0.1) is 0 Å². The van der Waals surface area contributed by atoms with Crippen molar-refractivity contribution in [2.24, 2.45) is 0 Å². The molecule has 0 saturated carbocycles. The molecule has 0 saturated heterocycles. The lowest BCUT2D eigenvalue weighted by Gasteiger charge is -2.05. The van der Waals surface area contributed by atoms with Crippen LogP contribution in [0.2, 0.25) is 0 Å². The molecule has 0 fully saturated rings. The van der Waals surface area contributed by atoms with E-state index in [-0.39, 0.29) is 12.4 Å². The smallest absolute Gasteiger partial charge is 0.337 e. The molecule has 17 heavy (non-hydrogen) atoms. The van der Waals surface area contributed by atoms with Crippen molar-refractivity contribution in [3.8, 4) is 5.75 Å². The zero-order valence-electron chi connectivity index (χ0n) is 9.05. The Hall–Kier alpha value is -1.27. The molecule has 5 nitrogen and oxygen atoms in total. The van der Waals surface area contributed by atoms with Gasteiger partial charge in [0.15, 0.2) is 0 Å². The number of hydrogen-bond acceptors (Lipinski definition) is 5. The summed E-state index contributed by atoms with van der Waals surface area (Å²) in [5.41, 5.74) is 0.393. The number of ether oxygens (including phenoxy) is 2. The first-order chi connectivity index (χ1) is 7.92. The van der Waals surface area contributed by atoms with Gasteiger partial charge in [0.05, 0.1) is 18.4 Å². The first-order valence-corrected chi connectivity index (χ1v) is 7.14. The standard InChI is InChI=1S/C10H11ClO5S/c1-15-10(12)8-2-4-9(5-3-8)16-6-7-17(11,13)14/h2-5H,6-7H2,1H3. The molecule has 1 rings (SSSR count). The number of hydrogen-bond donors (Lipinski definition) is 0. The SMILES string of the molecule is COC(=O)c1ccc(OCCS(=O)(=O)Cl)cc1. The Balaban J connectivity index is 2.54. The lowest BCUT2D eigenvalue weighted by atomic mass is 10.2. The summed E-state index contributed by atoms with van der Waals surface area (Å²) in [6.07, 6.45) is 0. The van der Waals surface area contributed by atoms with E-state index in [1.54, 1.807) is 12.1 Å². The van der Waals surface area contributed by atoms with Crippen LogP contribution in [-0.2, 0) is 13.8 Å². The zero-order chi connectivity index (χ0) is 12.9. The van der Waals surface area contributed by atoms with Gasteiger partial charge < -0.3 is 9.47 Å². The van der Waals surface area contributed by atoms with Crippen LogP contribution in [0.15, 0.2) is 24.3 Å². The molecule has 0 aliphatic rings. The summed E-state index contributed by atoms with van der Waals surface area (Å²) in [5, 5.41) is 0. The Morgan fingerprint density at radius 1 is 1.29 bits per heavy atom. The minimum Gasteiger partial charge on any atom is -0.492 e. The minimum absolute atomic E-state index is 0.0383. The van der Waals surface area contributed by atoms with Gasteiger partial charge in [0, 0.05) is 10.7 Å². The van der Waals surface area contributed by atoms with Crippen LogP contribution in [0.1, 0.15) is 10.4 Å². The third-order valence-corrected chi connectivity index (χ3v) is 2.99. The highest BCUT2D eigenvalue weighted by Gasteiger charge is 2.07. The van der Waals surface area contributed by atoms with Crippen LogP contribution in [-0.4, -0.2) is 33.9 Å². The summed E-state index contributed by atoms with van der Waals surface area (Å²) in [5.74, 6) is -0.259. The van der Waals surface area contributed by atoms with E-state index < -0.39 is 15.0 Å². The molecule has 0 atom stereocenters. The maximum Gasteiger partial charge on any atom is 0.337 e. The maximum absolute atomic E-state index is 11.1. The third-order valence-electron chi connectivity index (χ3n) is 1.87. The molecular formula is C10H11ClO5S. The van der Waals surface area contributed by atoms with E-state index in [1.807, 2.05) is 0 Å². The molecule has 0 unspecified atom stereocenters. The van der Waals surface area contributed by atoms with Crippen LogP contribution in [0.4, 0.5) is 0 Å². The monoisotopic (exact) mass is 278 g/mol. The Kier molecular flexibility index (Phi) is 4.77. The van der Waals surface area contributed by atoms with Crippen LogP contribution in [0.5, 0.6) is 5.75 Å². The Bertz CT molecular complexity index is 480. The second kappa shape index (κ2) is 5.88. The number of benzene rings is 1. The molecule has 0 aliphatic carbocycles. The van der Waals surface area contributed by atoms with E-state index in [0.717, 1.165) is 0 Å². The molecule has 0 aromatic heterocycles. The molecule has 1 aromatic carbocycles. The highest BCUT2D eigenvalue weighted by Crippen LogP contribution is 2.13. The summed E-state index contributed by atoms with van der Waals surface area (Å²) >= 11 is 0. The molecule has 0 amide bonds. The predicted octanol–water partition coefficient (Wildman–Crippen LogP) is 1.42. The Morgan fingerprint density at radius 2 is 1.88 bits per heavy atom. The highest BCUT2D eigenvalue weighted by atomic mass is 35.7. The van der Waals surface area contributed by atoms with E-state index in [9.17, 15) is 13.2 Å². The molecule has 7 heteroatoms. The third kappa shape index (κ3) is 5.06. The lowest BCUT2D eigenvalue weighted by molar-refractivity contribution is 0.0600. The van der Waals surface area contributed by atoms with Crippen molar-refractivity contribution in [1.82, 2.24) is 0 Å². The minimum atomic E-state index is -3.55. The molecule has 0 bridgehead atoms. The van der Waals surface area contributed by atoms with Gasteiger partial charge in [0.2, 0.25) is 9.05 Å². The van der Waals surface area contributed by atoms with Crippen molar-refractivity contribution in [2.75, 3.05) is 19.5 Å². The van der Waals surface area contributed by atoms with Crippen molar-refractivity contribution in [3.05, 3.63) is 29.8 Å². The number of rotatable bonds is 5. The quantitative estimate of drug-likeness (QED) is 0.602. The fourth-order valence-corrected chi connectivity index (χ4v) is 1.54. The Morgan fingerprint density at radius 3 is 2.35 bits per heavy atom. The van der Waals surface area contributed by atoms with Gasteiger partial charge in [-0.25, -0.2) is 13.2 Å². The summed E-state index contributed by atoms with van der Waals surface area (Å²) in [4.78, 5) is 11.1. The maximum atomic E-state index is 11.1. The number of carbonyl (C=O) groups excluding carboxylic acids is 1. The van der Waals surface area contributed by atoms with Crippen molar-refractivity contribution < 1.29 is 22.7 Å². The topological polar surface area (TPSA) is 69.7 Å². The molecule has 94 valence electrons. The molecule has 0 N–H and O–H groups in total. The van der Waals surface area contributed by atoms with E-state index in [4.69, 9.17) is 15.4 Å². The molecule has 1 aromatic rings. The van der Waals surface area contributed by atoms with Gasteiger partial charge in [-0.05, 0) is 24.3 Å². The second-order valence-corrected chi connectivity index (χ2v) is 6.00. The Labute approximate surface area is 104 Å². The van der Waals surface area contributed by atoms with Crippen molar-refractivity contribution in [2.45, 2.75) is 0 Å². The second-order valence-electron chi connectivity index (χ2n) is 3.11. The van der Waals surface area contributed by atoms with E-state index in [2.05, 4.69) is 4.74 Å². The van der Waals surface area contributed by atoms with Gasteiger partial charge in [0.1, 0.15) is 12.4 Å². The summed E-state index contributed by atoms with van der Waals surface area (Å²) in [7, 11) is 2.76. The van der Waals surface area contributed by atoms with Gasteiger partial charge in [-0.2, -0.15) is 0 Å². The molecule has 0 radical (unpaired) electrons. The van der Waals surface area contributed by atoms with Gasteiger partial charge in [-0.3, -0.25) is 0 Å². The van der Waals surface area contributed by atoms with Crippen LogP contribution >= 0.6 is 10.7 Å². The lowest BCUT2D eigenvalue weighted by Crippen LogP contribution is -2.09. The van der Waals surface area contributed by atoms with Crippen LogP contribution in [0, 0.1) is 0 Å². The highest BCUT2D eigenvalue weighted by molar-refractivity contribution is 8.13. The zero-order valence-corrected chi connectivity index (χ0v) is 10.6. The number of halogens is 1. The number of methoxy groups -OCH3 is 1. The van der Waals surface area contributed by atoms with Crippen molar-refractivity contribution >= 4 is 25.7 Å². The normalized spacial score (nSPS) is 10.9. The van der Waals surface area contributed by atoms with Crippen LogP contribution in [0.25, 0.3) is 0 Å². The molecule has 0 heterocycles. The number of esters is 1. The summed E-state index contributed by atoms with van der Waals surface area (Å²) in [6, 6.07) is 6.15. The molecular weight excluding hydrogens is 268 g/mol. The fraction of sp³-hybridized carbons (Fsp3) is 0.300. The van der Waals surface area contributed by atoms with Crippen molar-refractivity contribution in [3.63, 3.8) is 0 Å². The predicted molar refractivity (Wildman–Crippen MR) is 62.9 cm³/mol. The molecule has 0 aliphatic heterocycles. The fourth-order valence-electron chi connectivity index (χ4n) is 1.06.